The number of nitrogens with zero attached hydrogens (tertiary/aromatic N) is 1. The highest BCUT2D eigenvalue weighted by Gasteiger charge is 2.32. The standard InChI is InChI=1S/C21H18ClNO5S/c1-27-17-8-6-7-15(13-17)21(24)23(16-11-12-20(28-2)19(22)14-16)29(25,26)18-9-4-3-5-10-18/h3-14H,1-2H3. The molecule has 0 aromatic heterocycles. The fourth-order valence-corrected chi connectivity index (χ4v) is 4.40. The average molecular weight is 432 g/mol. The third-order valence-electron chi connectivity index (χ3n) is 4.15. The number of carbonyl (C=O) groups excluding carboxylic acids is 1. The number of methoxy groups -OCH3 is 2. The molecule has 6 nitrogen and oxygen atoms in total. The lowest BCUT2D eigenvalue weighted by Gasteiger charge is -2.23. The maximum atomic E-state index is 13.4. The minimum atomic E-state index is -4.21. The lowest BCUT2D eigenvalue weighted by molar-refractivity contribution is 0.100. The van der Waals surface area contributed by atoms with E-state index in [4.69, 9.17) is 21.1 Å². The smallest absolute Gasteiger partial charge is 0.272 e. The van der Waals surface area contributed by atoms with Crippen LogP contribution >= 0.6 is 11.6 Å². The molecule has 0 spiro atoms. The molecular weight excluding hydrogens is 414 g/mol. The van der Waals surface area contributed by atoms with Gasteiger partial charge in [0.1, 0.15) is 11.5 Å². The van der Waals surface area contributed by atoms with Crippen LogP contribution in [0.1, 0.15) is 10.4 Å². The summed E-state index contributed by atoms with van der Waals surface area (Å²) in [5, 5.41) is 0.178. The van der Waals surface area contributed by atoms with E-state index in [1.807, 2.05) is 0 Å². The lowest BCUT2D eigenvalue weighted by atomic mass is 10.2. The Morgan fingerprint density at radius 3 is 2.24 bits per heavy atom. The summed E-state index contributed by atoms with van der Waals surface area (Å²) in [7, 11) is -1.31. The number of carbonyl (C=O) groups is 1. The van der Waals surface area contributed by atoms with Crippen LogP contribution in [0.4, 0.5) is 5.69 Å². The Morgan fingerprint density at radius 1 is 0.897 bits per heavy atom. The monoisotopic (exact) mass is 431 g/mol. The summed E-state index contributed by atoms with van der Waals surface area (Å²) >= 11 is 6.19. The second kappa shape index (κ2) is 8.55. The van der Waals surface area contributed by atoms with Crippen LogP contribution in [0.15, 0.2) is 77.7 Å². The molecule has 8 heteroatoms. The van der Waals surface area contributed by atoms with Crippen molar-refractivity contribution in [2.75, 3.05) is 18.5 Å². The SMILES string of the molecule is COc1cccc(C(=O)N(c2ccc(OC)c(Cl)c2)S(=O)(=O)c2ccccc2)c1. The molecule has 1 amide bonds. The summed E-state index contributed by atoms with van der Waals surface area (Å²) in [6.45, 7) is 0. The molecule has 0 saturated heterocycles. The number of rotatable bonds is 6. The lowest BCUT2D eigenvalue weighted by Crippen LogP contribution is -2.37. The van der Waals surface area contributed by atoms with Crippen molar-refractivity contribution in [3.8, 4) is 11.5 Å². The zero-order valence-electron chi connectivity index (χ0n) is 15.7. The average Bonchev–Trinajstić information content (AvgIpc) is 2.74. The van der Waals surface area contributed by atoms with Gasteiger partial charge in [0.25, 0.3) is 15.9 Å². The Hall–Kier alpha value is -3.03. The van der Waals surface area contributed by atoms with Crippen molar-refractivity contribution in [3.63, 3.8) is 0 Å². The molecule has 0 unspecified atom stereocenters. The fourth-order valence-electron chi connectivity index (χ4n) is 2.72. The molecule has 3 aromatic carbocycles. The summed E-state index contributed by atoms with van der Waals surface area (Å²) in [6.07, 6.45) is 0. The summed E-state index contributed by atoms with van der Waals surface area (Å²) in [5.41, 5.74) is 0.239. The van der Waals surface area contributed by atoms with E-state index in [1.54, 1.807) is 30.3 Å². The maximum Gasteiger partial charge on any atom is 0.272 e. The number of benzene rings is 3. The highest BCUT2D eigenvalue weighted by Crippen LogP contribution is 2.33. The topological polar surface area (TPSA) is 72.9 Å². The van der Waals surface area contributed by atoms with Crippen LogP contribution in [0.3, 0.4) is 0 Å². The first-order chi connectivity index (χ1) is 13.9. The molecule has 29 heavy (non-hydrogen) atoms. The zero-order chi connectivity index (χ0) is 21.0. The van der Waals surface area contributed by atoms with E-state index in [1.165, 1.54) is 56.7 Å². The van der Waals surface area contributed by atoms with Gasteiger partial charge in [0.05, 0.1) is 29.8 Å². The van der Waals surface area contributed by atoms with E-state index in [-0.39, 0.29) is 21.2 Å². The van der Waals surface area contributed by atoms with E-state index in [0.717, 1.165) is 4.31 Å². The molecule has 0 atom stereocenters. The van der Waals surface area contributed by atoms with Crippen molar-refractivity contribution in [3.05, 3.63) is 83.4 Å². The number of anilines is 1. The summed E-state index contributed by atoms with van der Waals surface area (Å²) in [5.74, 6) is 0.0518. The Labute approximate surface area is 174 Å². The van der Waals surface area contributed by atoms with E-state index >= 15 is 0 Å². The van der Waals surface area contributed by atoms with Gasteiger partial charge in [0, 0.05) is 5.56 Å². The van der Waals surface area contributed by atoms with Gasteiger partial charge >= 0.3 is 0 Å². The van der Waals surface area contributed by atoms with E-state index in [0.29, 0.717) is 11.5 Å². The van der Waals surface area contributed by atoms with Crippen LogP contribution in [0.25, 0.3) is 0 Å². The van der Waals surface area contributed by atoms with Crippen molar-refractivity contribution in [1.82, 2.24) is 0 Å². The van der Waals surface area contributed by atoms with Crippen molar-refractivity contribution in [2.45, 2.75) is 4.90 Å². The molecule has 0 bridgehead atoms. The van der Waals surface area contributed by atoms with Crippen molar-refractivity contribution >= 4 is 33.2 Å². The number of amides is 1. The third-order valence-corrected chi connectivity index (χ3v) is 6.17. The normalized spacial score (nSPS) is 11.0. The van der Waals surface area contributed by atoms with Crippen LogP contribution in [-0.4, -0.2) is 28.5 Å². The van der Waals surface area contributed by atoms with Gasteiger partial charge in [-0.2, -0.15) is 4.31 Å². The van der Waals surface area contributed by atoms with Crippen molar-refractivity contribution in [2.24, 2.45) is 0 Å². The maximum absolute atomic E-state index is 13.4. The molecular formula is C21H18ClNO5S. The number of hydrogen-bond donors (Lipinski definition) is 0. The van der Waals surface area contributed by atoms with Crippen molar-refractivity contribution < 1.29 is 22.7 Å². The second-order valence-electron chi connectivity index (χ2n) is 5.94. The van der Waals surface area contributed by atoms with Crippen LogP contribution in [0, 0.1) is 0 Å². The van der Waals surface area contributed by atoms with Crippen LogP contribution < -0.4 is 13.8 Å². The number of hydrogen-bond acceptors (Lipinski definition) is 5. The molecule has 150 valence electrons. The zero-order valence-corrected chi connectivity index (χ0v) is 17.3. The quantitative estimate of drug-likeness (QED) is 0.578. The van der Waals surface area contributed by atoms with Gasteiger partial charge in [-0.1, -0.05) is 35.9 Å². The highest BCUT2D eigenvalue weighted by atomic mass is 35.5. The molecule has 3 aromatic rings. The van der Waals surface area contributed by atoms with E-state index in [2.05, 4.69) is 0 Å². The first-order valence-corrected chi connectivity index (χ1v) is 10.3. The van der Waals surface area contributed by atoms with Crippen LogP contribution in [0.2, 0.25) is 5.02 Å². The third kappa shape index (κ3) is 4.21. The van der Waals surface area contributed by atoms with Gasteiger partial charge < -0.3 is 9.47 Å². The van der Waals surface area contributed by atoms with Gasteiger partial charge in [-0.15, -0.1) is 0 Å². The Balaban J connectivity index is 2.18. The predicted octanol–water partition coefficient (Wildman–Crippen LogP) is 4.39. The van der Waals surface area contributed by atoms with Gasteiger partial charge in [0.2, 0.25) is 0 Å². The van der Waals surface area contributed by atoms with Gasteiger partial charge in [-0.25, -0.2) is 8.42 Å². The fraction of sp³-hybridized carbons (Fsp3) is 0.0952. The largest absolute Gasteiger partial charge is 0.497 e. The number of ether oxygens (including phenoxy) is 2. The number of halogens is 1. The second-order valence-corrected chi connectivity index (χ2v) is 8.13. The first kappa shape index (κ1) is 20.7. The number of sulfonamides is 1. The molecule has 0 N–H and O–H groups in total. The van der Waals surface area contributed by atoms with Crippen LogP contribution in [0.5, 0.6) is 11.5 Å². The molecule has 0 heterocycles. The summed E-state index contributed by atoms with van der Waals surface area (Å²) < 4.78 is 37.7. The van der Waals surface area contributed by atoms with E-state index < -0.39 is 15.9 Å². The minimum Gasteiger partial charge on any atom is -0.497 e. The molecule has 3 rings (SSSR count). The Morgan fingerprint density at radius 2 is 1.62 bits per heavy atom. The van der Waals surface area contributed by atoms with Crippen molar-refractivity contribution in [1.29, 1.82) is 0 Å². The molecule has 0 fully saturated rings. The van der Waals surface area contributed by atoms with Gasteiger partial charge in [0.15, 0.2) is 0 Å². The molecule has 0 aliphatic rings. The van der Waals surface area contributed by atoms with Gasteiger partial charge in [-0.05, 0) is 48.5 Å². The summed E-state index contributed by atoms with van der Waals surface area (Å²) in [6, 6.07) is 18.3. The molecule has 0 saturated carbocycles. The minimum absolute atomic E-state index is 0.0248. The summed E-state index contributed by atoms with van der Waals surface area (Å²) in [4.78, 5) is 13.3. The molecule has 0 aliphatic heterocycles. The highest BCUT2D eigenvalue weighted by molar-refractivity contribution is 7.93. The molecule has 0 aliphatic carbocycles. The van der Waals surface area contributed by atoms with Crippen LogP contribution in [-0.2, 0) is 10.0 Å². The predicted molar refractivity (Wildman–Crippen MR) is 111 cm³/mol. The molecule has 0 radical (unpaired) electrons. The Bertz CT molecular complexity index is 1130. The Kier molecular flexibility index (Phi) is 6.10. The first-order valence-electron chi connectivity index (χ1n) is 8.51. The van der Waals surface area contributed by atoms with E-state index in [9.17, 15) is 13.2 Å². The van der Waals surface area contributed by atoms with Gasteiger partial charge in [-0.3, -0.25) is 4.79 Å².